The number of piperidine rings is 1. The average molecular weight is 240 g/mol. The molecule has 0 amide bonds. The van der Waals surface area contributed by atoms with Crippen LogP contribution in [0.4, 0.5) is 0 Å². The second-order valence-corrected chi connectivity index (χ2v) is 6.44. The zero-order valence-electron chi connectivity index (χ0n) is 11.2. The highest BCUT2D eigenvalue weighted by molar-refractivity contribution is 4.90. The van der Waals surface area contributed by atoms with Crippen LogP contribution >= 0.6 is 0 Å². The molecule has 2 aliphatic rings. The van der Waals surface area contributed by atoms with Crippen molar-refractivity contribution in [2.24, 2.45) is 17.1 Å². The van der Waals surface area contributed by atoms with Crippen LogP contribution in [0.25, 0.3) is 0 Å². The van der Waals surface area contributed by atoms with Gasteiger partial charge >= 0.3 is 0 Å². The van der Waals surface area contributed by atoms with Gasteiger partial charge < -0.3 is 15.7 Å². The van der Waals surface area contributed by atoms with Crippen LogP contribution in [0.3, 0.4) is 0 Å². The van der Waals surface area contributed by atoms with E-state index >= 15 is 0 Å². The number of β-amino-alcohol motifs (C(OH)–C–C–N with tert-alkyl or cyclic N) is 1. The molecule has 0 bridgehead atoms. The Morgan fingerprint density at radius 1 is 1.35 bits per heavy atom. The minimum absolute atomic E-state index is 0.111. The maximum atomic E-state index is 9.74. The van der Waals surface area contributed by atoms with E-state index in [4.69, 9.17) is 5.73 Å². The second-order valence-electron chi connectivity index (χ2n) is 6.44. The number of aliphatic hydroxyl groups is 1. The lowest BCUT2D eigenvalue weighted by Gasteiger charge is -2.44. The van der Waals surface area contributed by atoms with Crippen molar-refractivity contribution >= 4 is 0 Å². The summed E-state index contributed by atoms with van der Waals surface area (Å²) in [5, 5.41) is 9.74. The van der Waals surface area contributed by atoms with E-state index in [2.05, 4.69) is 11.8 Å². The molecular formula is C14H28N2O. The molecule has 17 heavy (non-hydrogen) atoms. The molecule has 1 aliphatic carbocycles. The fraction of sp³-hybridized carbons (Fsp3) is 1.00. The first-order valence-electron chi connectivity index (χ1n) is 7.24. The number of likely N-dealkylation sites (tertiary alicyclic amines) is 1. The number of hydrogen-bond donors (Lipinski definition) is 2. The maximum absolute atomic E-state index is 9.74. The summed E-state index contributed by atoms with van der Waals surface area (Å²) in [6.07, 6.45) is 7.25. The number of rotatable bonds is 3. The van der Waals surface area contributed by atoms with Crippen LogP contribution < -0.4 is 5.73 Å². The van der Waals surface area contributed by atoms with Crippen LogP contribution in [-0.4, -0.2) is 42.3 Å². The van der Waals surface area contributed by atoms with Gasteiger partial charge in [-0.15, -0.1) is 0 Å². The van der Waals surface area contributed by atoms with Crippen LogP contribution in [0.1, 0.15) is 45.4 Å². The molecule has 1 aliphatic heterocycles. The van der Waals surface area contributed by atoms with Gasteiger partial charge in [0.1, 0.15) is 0 Å². The van der Waals surface area contributed by atoms with Crippen LogP contribution in [0.2, 0.25) is 0 Å². The fourth-order valence-corrected chi connectivity index (χ4v) is 3.81. The zero-order valence-corrected chi connectivity index (χ0v) is 11.2. The highest BCUT2D eigenvalue weighted by Crippen LogP contribution is 2.39. The van der Waals surface area contributed by atoms with Crippen LogP contribution in [0.5, 0.6) is 0 Å². The van der Waals surface area contributed by atoms with Gasteiger partial charge in [-0.1, -0.05) is 19.8 Å². The summed E-state index contributed by atoms with van der Waals surface area (Å²) in [5.41, 5.74) is 6.39. The highest BCUT2D eigenvalue weighted by atomic mass is 16.3. The van der Waals surface area contributed by atoms with Gasteiger partial charge in [-0.3, -0.25) is 0 Å². The number of aliphatic hydroxyl groups excluding tert-OH is 1. The van der Waals surface area contributed by atoms with Crippen LogP contribution in [0, 0.1) is 11.3 Å². The van der Waals surface area contributed by atoms with Crippen molar-refractivity contribution in [2.75, 3.05) is 26.2 Å². The molecule has 1 saturated carbocycles. The van der Waals surface area contributed by atoms with Crippen molar-refractivity contribution in [1.82, 2.24) is 4.90 Å². The SMILES string of the molecule is CC1CCCC(CN)(CN2CCCC(O)C2)C1. The topological polar surface area (TPSA) is 49.5 Å². The molecule has 0 radical (unpaired) electrons. The molecular weight excluding hydrogens is 212 g/mol. The van der Waals surface area contributed by atoms with Gasteiger partial charge in [0, 0.05) is 13.1 Å². The Morgan fingerprint density at radius 2 is 2.18 bits per heavy atom. The van der Waals surface area contributed by atoms with Crippen molar-refractivity contribution in [3.05, 3.63) is 0 Å². The number of nitrogens with two attached hydrogens (primary N) is 1. The molecule has 3 N–H and O–H groups in total. The summed E-state index contributed by atoms with van der Waals surface area (Å²) in [4.78, 5) is 2.44. The molecule has 3 atom stereocenters. The first kappa shape index (κ1) is 13.3. The van der Waals surface area contributed by atoms with E-state index in [1.54, 1.807) is 0 Å². The maximum Gasteiger partial charge on any atom is 0.0667 e. The lowest BCUT2D eigenvalue weighted by atomic mass is 9.69. The Kier molecular flexibility index (Phi) is 4.45. The fourth-order valence-electron chi connectivity index (χ4n) is 3.81. The molecule has 3 nitrogen and oxygen atoms in total. The van der Waals surface area contributed by atoms with E-state index in [1.165, 1.54) is 25.7 Å². The molecule has 0 aromatic heterocycles. The Balaban J connectivity index is 1.93. The minimum Gasteiger partial charge on any atom is -0.392 e. The van der Waals surface area contributed by atoms with E-state index in [1.807, 2.05) is 0 Å². The minimum atomic E-state index is -0.111. The first-order valence-corrected chi connectivity index (χ1v) is 7.24. The van der Waals surface area contributed by atoms with E-state index in [0.29, 0.717) is 5.41 Å². The summed E-state index contributed by atoms with van der Waals surface area (Å²) in [5.74, 6) is 0.821. The van der Waals surface area contributed by atoms with Gasteiger partial charge in [0.05, 0.1) is 6.10 Å². The van der Waals surface area contributed by atoms with Gasteiger partial charge in [-0.2, -0.15) is 0 Å². The number of nitrogens with zero attached hydrogens (tertiary/aromatic N) is 1. The molecule has 100 valence electrons. The first-order chi connectivity index (χ1) is 8.13. The van der Waals surface area contributed by atoms with Gasteiger partial charge in [0.15, 0.2) is 0 Å². The Morgan fingerprint density at radius 3 is 2.82 bits per heavy atom. The predicted octanol–water partition coefficient (Wildman–Crippen LogP) is 1.60. The quantitative estimate of drug-likeness (QED) is 0.788. The Hall–Kier alpha value is -0.120. The van der Waals surface area contributed by atoms with Crippen molar-refractivity contribution < 1.29 is 5.11 Å². The van der Waals surface area contributed by atoms with E-state index < -0.39 is 0 Å². The molecule has 2 rings (SSSR count). The van der Waals surface area contributed by atoms with E-state index in [0.717, 1.165) is 44.9 Å². The van der Waals surface area contributed by atoms with Gasteiger partial charge in [0.2, 0.25) is 0 Å². The average Bonchev–Trinajstić information content (AvgIpc) is 2.29. The van der Waals surface area contributed by atoms with Crippen molar-refractivity contribution in [1.29, 1.82) is 0 Å². The monoisotopic (exact) mass is 240 g/mol. The van der Waals surface area contributed by atoms with Crippen molar-refractivity contribution in [2.45, 2.75) is 51.6 Å². The normalized spacial score (nSPS) is 40.4. The Bertz CT molecular complexity index is 246. The van der Waals surface area contributed by atoms with Gasteiger partial charge in [-0.25, -0.2) is 0 Å². The molecule has 2 fully saturated rings. The van der Waals surface area contributed by atoms with E-state index in [-0.39, 0.29) is 6.10 Å². The van der Waals surface area contributed by atoms with E-state index in [9.17, 15) is 5.11 Å². The third-order valence-electron chi connectivity index (χ3n) is 4.66. The molecule has 0 aromatic rings. The van der Waals surface area contributed by atoms with Crippen molar-refractivity contribution in [3.8, 4) is 0 Å². The molecule has 1 heterocycles. The van der Waals surface area contributed by atoms with Crippen molar-refractivity contribution in [3.63, 3.8) is 0 Å². The third-order valence-corrected chi connectivity index (χ3v) is 4.66. The lowest BCUT2D eigenvalue weighted by molar-refractivity contribution is 0.0266. The number of hydrogen-bond acceptors (Lipinski definition) is 3. The third kappa shape index (κ3) is 3.43. The highest BCUT2D eigenvalue weighted by Gasteiger charge is 2.36. The lowest BCUT2D eigenvalue weighted by Crippen LogP contribution is -2.49. The smallest absolute Gasteiger partial charge is 0.0667 e. The standard InChI is InChI=1S/C14H28N2O/c1-12-4-2-6-14(8-12,10-15)11-16-7-3-5-13(17)9-16/h12-13,17H,2-11,15H2,1H3. The van der Waals surface area contributed by atoms with Crippen LogP contribution in [-0.2, 0) is 0 Å². The molecule has 0 aromatic carbocycles. The summed E-state index contributed by atoms with van der Waals surface area (Å²) in [6.45, 7) is 6.27. The molecule has 3 heteroatoms. The molecule has 1 saturated heterocycles. The molecule has 0 spiro atoms. The second kappa shape index (κ2) is 5.68. The summed E-state index contributed by atoms with van der Waals surface area (Å²) < 4.78 is 0. The van der Waals surface area contributed by atoms with Gasteiger partial charge in [0.25, 0.3) is 0 Å². The summed E-state index contributed by atoms with van der Waals surface area (Å²) in [6, 6.07) is 0. The summed E-state index contributed by atoms with van der Waals surface area (Å²) in [7, 11) is 0. The molecule has 3 unspecified atom stereocenters. The predicted molar refractivity (Wildman–Crippen MR) is 70.8 cm³/mol. The largest absolute Gasteiger partial charge is 0.392 e. The zero-order chi connectivity index (χ0) is 12.3. The Labute approximate surface area is 105 Å². The van der Waals surface area contributed by atoms with Gasteiger partial charge in [-0.05, 0) is 50.1 Å². The van der Waals surface area contributed by atoms with Crippen LogP contribution in [0.15, 0.2) is 0 Å². The summed E-state index contributed by atoms with van der Waals surface area (Å²) >= 11 is 0.